The van der Waals surface area contributed by atoms with Gasteiger partial charge in [0, 0.05) is 41.7 Å². The van der Waals surface area contributed by atoms with Gasteiger partial charge in [-0.3, -0.25) is 24.1 Å². The van der Waals surface area contributed by atoms with E-state index in [1.807, 2.05) is 13.8 Å². The summed E-state index contributed by atoms with van der Waals surface area (Å²) in [6.07, 6.45) is 0.300. The zero-order valence-corrected chi connectivity index (χ0v) is 21.5. The molecule has 1 aliphatic heterocycles. The fraction of sp³-hybridized carbons (Fsp3) is 0.385. The summed E-state index contributed by atoms with van der Waals surface area (Å²) < 4.78 is 0. The molecule has 7 nitrogen and oxygen atoms in total. The van der Waals surface area contributed by atoms with Crippen LogP contribution in [0.3, 0.4) is 0 Å². The topological polar surface area (TPSA) is 86.8 Å². The van der Waals surface area contributed by atoms with Gasteiger partial charge in [0.25, 0.3) is 11.8 Å². The zero-order valence-electron chi connectivity index (χ0n) is 20.0. The summed E-state index contributed by atoms with van der Waals surface area (Å²) in [5.74, 6) is -1.05. The number of hydrogen-bond acceptors (Lipinski definition) is 4. The highest BCUT2D eigenvalue weighted by Gasteiger charge is 2.35. The van der Waals surface area contributed by atoms with Crippen molar-refractivity contribution in [2.45, 2.75) is 46.2 Å². The van der Waals surface area contributed by atoms with Crippen molar-refractivity contribution >= 4 is 46.8 Å². The largest absolute Gasteiger partial charge is 0.354 e. The molecule has 2 aromatic rings. The van der Waals surface area contributed by atoms with Crippen molar-refractivity contribution in [3.8, 4) is 0 Å². The number of nitrogens with one attached hydrogen (secondary N) is 1. The van der Waals surface area contributed by atoms with Gasteiger partial charge in [0.2, 0.25) is 11.8 Å². The Morgan fingerprint density at radius 3 is 2.06 bits per heavy atom. The molecule has 35 heavy (non-hydrogen) atoms. The highest BCUT2D eigenvalue weighted by molar-refractivity contribution is 6.36. The molecule has 0 saturated carbocycles. The van der Waals surface area contributed by atoms with Crippen LogP contribution in [0.15, 0.2) is 42.5 Å². The predicted octanol–water partition coefficient (Wildman–Crippen LogP) is 4.56. The predicted molar refractivity (Wildman–Crippen MR) is 135 cm³/mol. The molecule has 0 fully saturated rings. The fourth-order valence-electron chi connectivity index (χ4n) is 3.86. The average molecular weight is 518 g/mol. The van der Waals surface area contributed by atoms with Crippen molar-refractivity contribution in [2.75, 3.05) is 13.1 Å². The van der Waals surface area contributed by atoms with Gasteiger partial charge >= 0.3 is 0 Å². The summed E-state index contributed by atoms with van der Waals surface area (Å²) >= 11 is 12.7. The van der Waals surface area contributed by atoms with Gasteiger partial charge in [0.1, 0.15) is 6.04 Å². The molecule has 2 aromatic carbocycles. The molecule has 1 N–H and O–H groups in total. The number of nitrogens with zero attached hydrogens (tertiary/aromatic N) is 2. The quantitative estimate of drug-likeness (QED) is 0.468. The van der Waals surface area contributed by atoms with Crippen LogP contribution >= 0.6 is 23.2 Å². The van der Waals surface area contributed by atoms with Crippen LogP contribution in [0.2, 0.25) is 10.0 Å². The Labute approximate surface area is 215 Å². The van der Waals surface area contributed by atoms with Gasteiger partial charge in [-0.25, -0.2) is 0 Å². The van der Waals surface area contributed by atoms with Gasteiger partial charge in [-0.1, -0.05) is 55.2 Å². The van der Waals surface area contributed by atoms with Gasteiger partial charge in [-0.15, -0.1) is 0 Å². The van der Waals surface area contributed by atoms with E-state index in [0.29, 0.717) is 33.3 Å². The summed E-state index contributed by atoms with van der Waals surface area (Å²) in [5.41, 5.74) is 1.29. The smallest absolute Gasteiger partial charge is 0.261 e. The van der Waals surface area contributed by atoms with E-state index in [-0.39, 0.29) is 55.5 Å². The van der Waals surface area contributed by atoms with Crippen molar-refractivity contribution in [3.05, 3.63) is 69.2 Å². The summed E-state index contributed by atoms with van der Waals surface area (Å²) in [6.45, 7) is 6.26. The number of hydrogen-bond donors (Lipinski definition) is 1. The lowest BCUT2D eigenvalue weighted by Gasteiger charge is -2.30. The highest BCUT2D eigenvalue weighted by atomic mass is 35.5. The van der Waals surface area contributed by atoms with Crippen LogP contribution in [0, 0.1) is 5.92 Å². The van der Waals surface area contributed by atoms with Crippen molar-refractivity contribution in [2.24, 2.45) is 5.92 Å². The minimum absolute atomic E-state index is 0.0390. The number of rotatable bonds is 10. The van der Waals surface area contributed by atoms with Crippen LogP contribution in [0.5, 0.6) is 0 Å². The number of carbonyl (C=O) groups excluding carboxylic acids is 4. The first kappa shape index (κ1) is 26.7. The summed E-state index contributed by atoms with van der Waals surface area (Å²) in [5, 5.41) is 3.66. The lowest BCUT2D eigenvalue weighted by atomic mass is 10.1. The minimum atomic E-state index is -0.770. The number of halogens is 2. The molecule has 0 saturated heterocycles. The van der Waals surface area contributed by atoms with E-state index in [9.17, 15) is 19.2 Å². The SMILES string of the molecule is CC(C)CNC(=O)C(C)N(Cc1c(Cl)cccc1Cl)C(=O)CCCN1C(=O)c2ccccc2C1=O. The Balaban J connectivity index is 1.71. The third-order valence-corrected chi connectivity index (χ3v) is 6.60. The molecule has 1 atom stereocenters. The number of imide groups is 1. The van der Waals surface area contributed by atoms with E-state index in [1.165, 1.54) is 4.90 Å². The van der Waals surface area contributed by atoms with Gasteiger partial charge < -0.3 is 10.2 Å². The number of amides is 4. The molecule has 1 aliphatic rings. The van der Waals surface area contributed by atoms with E-state index in [0.717, 1.165) is 4.90 Å². The van der Waals surface area contributed by atoms with Crippen LogP contribution in [0.4, 0.5) is 0 Å². The number of carbonyl (C=O) groups is 4. The molecule has 0 bridgehead atoms. The van der Waals surface area contributed by atoms with E-state index in [2.05, 4.69) is 5.32 Å². The lowest BCUT2D eigenvalue weighted by Crippen LogP contribution is -2.48. The second-order valence-electron chi connectivity index (χ2n) is 8.95. The summed E-state index contributed by atoms with van der Waals surface area (Å²) in [4.78, 5) is 53.8. The van der Waals surface area contributed by atoms with E-state index >= 15 is 0 Å². The second-order valence-corrected chi connectivity index (χ2v) is 9.76. The minimum Gasteiger partial charge on any atom is -0.354 e. The monoisotopic (exact) mass is 517 g/mol. The van der Waals surface area contributed by atoms with Crippen molar-refractivity contribution in [3.63, 3.8) is 0 Å². The maximum atomic E-state index is 13.3. The molecule has 9 heteroatoms. The number of benzene rings is 2. The maximum absolute atomic E-state index is 13.3. The van der Waals surface area contributed by atoms with E-state index in [1.54, 1.807) is 49.4 Å². The van der Waals surface area contributed by atoms with Crippen LogP contribution < -0.4 is 5.32 Å². The van der Waals surface area contributed by atoms with Gasteiger partial charge in [0.15, 0.2) is 0 Å². The Morgan fingerprint density at radius 2 is 1.51 bits per heavy atom. The fourth-order valence-corrected chi connectivity index (χ4v) is 4.38. The Kier molecular flexibility index (Phi) is 8.92. The molecule has 3 rings (SSSR count). The van der Waals surface area contributed by atoms with E-state index in [4.69, 9.17) is 23.2 Å². The zero-order chi connectivity index (χ0) is 25.7. The normalized spacial score (nSPS) is 13.7. The second kappa shape index (κ2) is 11.7. The molecule has 1 unspecified atom stereocenters. The lowest BCUT2D eigenvalue weighted by molar-refractivity contribution is -0.140. The van der Waals surface area contributed by atoms with Crippen molar-refractivity contribution in [1.82, 2.24) is 15.1 Å². The third kappa shape index (κ3) is 6.21. The number of fused-ring (bicyclic) bond motifs is 1. The van der Waals surface area contributed by atoms with Gasteiger partial charge in [0.05, 0.1) is 11.1 Å². The molecule has 4 amide bonds. The first-order chi connectivity index (χ1) is 16.6. The third-order valence-electron chi connectivity index (χ3n) is 5.89. The van der Waals surface area contributed by atoms with Crippen LogP contribution in [0.1, 0.15) is 59.9 Å². The van der Waals surface area contributed by atoms with Crippen LogP contribution in [0.25, 0.3) is 0 Å². The molecule has 0 aromatic heterocycles. The Morgan fingerprint density at radius 1 is 0.943 bits per heavy atom. The van der Waals surface area contributed by atoms with Crippen molar-refractivity contribution in [1.29, 1.82) is 0 Å². The molecule has 0 aliphatic carbocycles. The average Bonchev–Trinajstić information content (AvgIpc) is 3.07. The first-order valence-corrected chi connectivity index (χ1v) is 12.3. The molecule has 0 radical (unpaired) electrons. The standard InChI is InChI=1S/C26H29Cl2N3O4/c1-16(2)14-29-24(33)17(3)31(15-20-21(27)10-6-11-22(20)28)23(32)12-7-13-30-25(34)18-8-4-5-9-19(18)26(30)35/h4-6,8-11,16-17H,7,12-15H2,1-3H3,(H,29,33). The van der Waals surface area contributed by atoms with Gasteiger partial charge in [-0.2, -0.15) is 0 Å². The van der Waals surface area contributed by atoms with Crippen LogP contribution in [-0.2, 0) is 16.1 Å². The van der Waals surface area contributed by atoms with Crippen LogP contribution in [-0.4, -0.2) is 52.6 Å². The highest BCUT2D eigenvalue weighted by Crippen LogP contribution is 2.27. The Bertz CT molecular complexity index is 1080. The summed E-state index contributed by atoms with van der Waals surface area (Å²) in [7, 11) is 0. The molecule has 0 spiro atoms. The molecule has 1 heterocycles. The summed E-state index contributed by atoms with van der Waals surface area (Å²) in [6, 6.07) is 10.9. The van der Waals surface area contributed by atoms with Crippen molar-refractivity contribution < 1.29 is 19.2 Å². The molecular weight excluding hydrogens is 489 g/mol. The first-order valence-electron chi connectivity index (χ1n) is 11.6. The maximum Gasteiger partial charge on any atom is 0.261 e. The Hall–Kier alpha value is -2.90. The van der Waals surface area contributed by atoms with Gasteiger partial charge in [-0.05, 0) is 43.5 Å². The molecule has 186 valence electrons. The molecular formula is C26H29Cl2N3O4. The van der Waals surface area contributed by atoms with E-state index < -0.39 is 6.04 Å².